The smallest absolute Gasteiger partial charge is 0.285 e. The van der Waals surface area contributed by atoms with E-state index in [9.17, 15) is 13.7 Å². The molecule has 0 saturated carbocycles. The second-order valence-electron chi connectivity index (χ2n) is 4.59. The van der Waals surface area contributed by atoms with Crippen LogP contribution in [0.2, 0.25) is 0 Å². The van der Waals surface area contributed by atoms with Crippen molar-refractivity contribution in [2.45, 2.75) is 0 Å². The number of hydrogen-bond acceptors (Lipinski definition) is 2. The van der Waals surface area contributed by atoms with E-state index in [1.807, 2.05) is 0 Å². The predicted octanol–water partition coefficient (Wildman–Crippen LogP) is 4.20. The number of rotatable bonds is 2. The minimum absolute atomic E-state index is 0.00428. The molecule has 0 aliphatic rings. The number of halogens is 2. The fourth-order valence-electron chi connectivity index (χ4n) is 2.22. The van der Waals surface area contributed by atoms with Crippen molar-refractivity contribution in [3.63, 3.8) is 0 Å². The minimum atomic E-state index is -0.806. The van der Waals surface area contributed by atoms with Gasteiger partial charge in [0.05, 0.1) is 5.56 Å². The number of furan rings is 1. The molecule has 1 heterocycles. The normalized spacial score (nSPS) is 10.8. The highest BCUT2D eigenvalue weighted by Crippen LogP contribution is 2.34. The first kappa shape index (κ1) is 13.3. The maximum atomic E-state index is 13.3. The number of hydrogen-bond donors (Lipinski definition) is 0. The van der Waals surface area contributed by atoms with Gasteiger partial charge in [-0.3, -0.25) is 4.79 Å². The second-order valence-corrected chi connectivity index (χ2v) is 4.59. The maximum absolute atomic E-state index is 13.3. The van der Waals surface area contributed by atoms with Gasteiger partial charge in [-0.1, -0.05) is 22.7 Å². The summed E-state index contributed by atoms with van der Waals surface area (Å²) < 4.78 is 32.0. The van der Waals surface area contributed by atoms with Crippen LogP contribution >= 0.6 is 0 Å². The van der Waals surface area contributed by atoms with Crippen molar-refractivity contribution in [2.75, 3.05) is 7.05 Å². The third-order valence-corrected chi connectivity index (χ3v) is 3.20. The van der Waals surface area contributed by atoms with E-state index in [1.54, 1.807) is 24.3 Å². The maximum Gasteiger partial charge on any atom is 0.285 e. The van der Waals surface area contributed by atoms with E-state index in [-0.39, 0.29) is 16.4 Å². The number of fused-ring (bicyclic) bond motifs is 1. The van der Waals surface area contributed by atoms with Crippen LogP contribution in [-0.2, 0) is 0 Å². The first-order valence-electron chi connectivity index (χ1n) is 6.29. The number of para-hydroxylation sites is 1. The molecule has 3 rings (SSSR count). The van der Waals surface area contributed by atoms with Gasteiger partial charge in [-0.15, -0.1) is 0 Å². The summed E-state index contributed by atoms with van der Waals surface area (Å²) in [5.41, 5.74) is 1.11. The predicted molar refractivity (Wildman–Crippen MR) is 74.8 cm³/mol. The van der Waals surface area contributed by atoms with Gasteiger partial charge in [-0.25, -0.2) is 4.39 Å². The van der Waals surface area contributed by atoms with Crippen LogP contribution < -0.4 is 0 Å². The van der Waals surface area contributed by atoms with Crippen molar-refractivity contribution in [1.82, 2.24) is 5.12 Å². The second kappa shape index (κ2) is 5.01. The molecular formula is C16H11F2NO2. The van der Waals surface area contributed by atoms with Gasteiger partial charge in [0.2, 0.25) is 0 Å². The van der Waals surface area contributed by atoms with Crippen molar-refractivity contribution < 1.29 is 18.1 Å². The summed E-state index contributed by atoms with van der Waals surface area (Å²) in [7, 11) is 1.03. The minimum Gasteiger partial charge on any atom is -0.455 e. The monoisotopic (exact) mass is 287 g/mol. The Bertz CT molecular complexity index is 807. The van der Waals surface area contributed by atoms with Gasteiger partial charge in [0.15, 0.2) is 0 Å². The summed E-state index contributed by atoms with van der Waals surface area (Å²) in [5, 5.41) is 0.524. The largest absolute Gasteiger partial charge is 0.455 e. The summed E-state index contributed by atoms with van der Waals surface area (Å²) in [5.74, 6) is -0.977. The van der Waals surface area contributed by atoms with Crippen molar-refractivity contribution in [1.29, 1.82) is 0 Å². The Labute approximate surface area is 119 Å². The van der Waals surface area contributed by atoms with E-state index in [0.717, 1.165) is 7.05 Å². The lowest BCUT2D eigenvalue weighted by molar-refractivity contribution is 0.0345. The lowest BCUT2D eigenvalue weighted by Gasteiger charge is -2.06. The molecule has 106 valence electrons. The summed E-state index contributed by atoms with van der Waals surface area (Å²) >= 11 is 0. The van der Waals surface area contributed by atoms with Crippen LogP contribution in [0, 0.1) is 5.82 Å². The molecular weight excluding hydrogens is 276 g/mol. The van der Waals surface area contributed by atoms with E-state index in [1.165, 1.54) is 24.3 Å². The third kappa shape index (κ3) is 2.27. The summed E-state index contributed by atoms with van der Waals surface area (Å²) in [6.45, 7) is 0. The van der Waals surface area contributed by atoms with E-state index in [0.29, 0.717) is 16.5 Å². The Morgan fingerprint density at radius 1 is 1.10 bits per heavy atom. The van der Waals surface area contributed by atoms with E-state index < -0.39 is 11.7 Å². The highest BCUT2D eigenvalue weighted by molar-refractivity contribution is 6.10. The topological polar surface area (TPSA) is 33.5 Å². The Morgan fingerprint density at radius 3 is 2.43 bits per heavy atom. The standard InChI is InChI=1S/C16H11F2NO2/c1-19(18)16(20)14-12-4-2-3-5-13(12)21-15(14)10-6-8-11(17)9-7-10/h2-9H,1H3. The number of amides is 1. The summed E-state index contributed by atoms with van der Waals surface area (Å²) in [6, 6.07) is 12.4. The van der Waals surface area contributed by atoms with E-state index >= 15 is 0 Å². The zero-order valence-electron chi connectivity index (χ0n) is 11.1. The third-order valence-electron chi connectivity index (χ3n) is 3.20. The van der Waals surface area contributed by atoms with Crippen LogP contribution in [0.25, 0.3) is 22.3 Å². The van der Waals surface area contributed by atoms with E-state index in [2.05, 4.69) is 0 Å². The average molecular weight is 287 g/mol. The average Bonchev–Trinajstić information content (AvgIpc) is 2.86. The van der Waals surface area contributed by atoms with Gasteiger partial charge in [0, 0.05) is 18.0 Å². The van der Waals surface area contributed by atoms with Crippen LogP contribution in [-0.4, -0.2) is 18.1 Å². The molecule has 0 saturated heterocycles. The highest BCUT2D eigenvalue weighted by Gasteiger charge is 2.24. The SMILES string of the molecule is CN(F)C(=O)c1c(-c2ccc(F)cc2)oc2ccccc12. The molecule has 21 heavy (non-hydrogen) atoms. The number of nitrogens with zero attached hydrogens (tertiary/aromatic N) is 1. The zero-order valence-corrected chi connectivity index (χ0v) is 11.1. The fourth-order valence-corrected chi connectivity index (χ4v) is 2.22. The fraction of sp³-hybridized carbons (Fsp3) is 0.0625. The van der Waals surface area contributed by atoms with Gasteiger partial charge < -0.3 is 4.42 Å². The van der Waals surface area contributed by atoms with Crippen LogP contribution in [0.15, 0.2) is 52.9 Å². The van der Waals surface area contributed by atoms with Gasteiger partial charge in [-0.05, 0) is 30.3 Å². The number of carbonyl (C=O) groups is 1. The first-order chi connectivity index (χ1) is 10.1. The molecule has 0 unspecified atom stereocenters. The molecule has 5 heteroatoms. The van der Waals surface area contributed by atoms with Crippen LogP contribution in [0.4, 0.5) is 8.87 Å². The molecule has 0 fully saturated rings. The Hall–Kier alpha value is -2.69. The lowest BCUT2D eigenvalue weighted by atomic mass is 10.0. The Morgan fingerprint density at radius 2 is 1.76 bits per heavy atom. The van der Waals surface area contributed by atoms with E-state index in [4.69, 9.17) is 4.42 Å². The molecule has 0 atom stereocenters. The van der Waals surface area contributed by atoms with Crippen molar-refractivity contribution in [3.8, 4) is 11.3 Å². The van der Waals surface area contributed by atoms with Crippen LogP contribution in [0.5, 0.6) is 0 Å². The first-order valence-corrected chi connectivity index (χ1v) is 6.29. The number of benzene rings is 2. The van der Waals surface area contributed by atoms with Gasteiger partial charge >= 0.3 is 0 Å². The molecule has 1 aromatic heterocycles. The Balaban J connectivity index is 2.28. The lowest BCUT2D eigenvalue weighted by Crippen LogP contribution is -2.17. The molecule has 0 spiro atoms. The highest BCUT2D eigenvalue weighted by atomic mass is 19.2. The van der Waals surface area contributed by atoms with Crippen molar-refractivity contribution in [3.05, 3.63) is 59.9 Å². The Kier molecular flexibility index (Phi) is 3.17. The summed E-state index contributed by atoms with van der Waals surface area (Å²) in [6.07, 6.45) is 0. The molecule has 0 aliphatic heterocycles. The quantitative estimate of drug-likeness (QED) is 0.662. The van der Waals surface area contributed by atoms with Crippen LogP contribution in [0.3, 0.4) is 0 Å². The van der Waals surface area contributed by atoms with Gasteiger partial charge in [0.25, 0.3) is 5.91 Å². The summed E-state index contributed by atoms with van der Waals surface area (Å²) in [4.78, 5) is 12.1. The van der Waals surface area contributed by atoms with Gasteiger partial charge in [-0.2, -0.15) is 5.12 Å². The molecule has 0 aliphatic carbocycles. The number of carbonyl (C=O) groups excluding carboxylic acids is 1. The van der Waals surface area contributed by atoms with Gasteiger partial charge in [0.1, 0.15) is 17.2 Å². The zero-order chi connectivity index (χ0) is 15.0. The molecule has 2 aromatic carbocycles. The van der Waals surface area contributed by atoms with Crippen molar-refractivity contribution in [2.24, 2.45) is 0 Å². The molecule has 3 nitrogen and oxygen atoms in total. The van der Waals surface area contributed by atoms with Crippen LogP contribution in [0.1, 0.15) is 10.4 Å². The molecule has 3 aromatic rings. The molecule has 0 N–H and O–H groups in total. The van der Waals surface area contributed by atoms with Crippen molar-refractivity contribution >= 4 is 16.9 Å². The molecule has 0 radical (unpaired) electrons. The molecule has 1 amide bonds. The molecule has 0 bridgehead atoms.